The molecule has 1 amide bonds. The molecule has 3 aromatic rings. The second kappa shape index (κ2) is 9.35. The molecule has 0 atom stereocenters. The summed E-state index contributed by atoms with van der Waals surface area (Å²) in [5.41, 5.74) is 3.49. The number of nitrogens with one attached hydrogen (secondary N) is 1. The zero-order valence-corrected chi connectivity index (χ0v) is 20.2. The predicted molar refractivity (Wildman–Crippen MR) is 139 cm³/mol. The second-order valence-electron chi connectivity index (χ2n) is 7.95. The first kappa shape index (κ1) is 22.2. The number of aliphatic imine (C=N–C) groups is 1. The fourth-order valence-corrected chi connectivity index (χ4v) is 5.20. The molecule has 5 rings (SSSR count). The highest BCUT2D eigenvalue weighted by molar-refractivity contribution is 8.18. The molecule has 0 spiro atoms. The maximum atomic E-state index is 12.6. The van der Waals surface area contributed by atoms with Crippen molar-refractivity contribution in [1.82, 2.24) is 15.2 Å². The van der Waals surface area contributed by atoms with Gasteiger partial charge >= 0.3 is 0 Å². The van der Waals surface area contributed by atoms with Gasteiger partial charge in [0.25, 0.3) is 5.91 Å². The van der Waals surface area contributed by atoms with Crippen LogP contribution in [0.15, 0.2) is 58.6 Å². The smallest absolute Gasteiger partial charge is 0.264 e. The number of para-hydroxylation sites is 1. The Balaban J connectivity index is 1.45. The van der Waals surface area contributed by atoms with E-state index in [1.807, 2.05) is 24.4 Å². The van der Waals surface area contributed by atoms with E-state index in [2.05, 4.69) is 44.3 Å². The Morgan fingerprint density at radius 2 is 1.85 bits per heavy atom. The Kier molecular flexibility index (Phi) is 6.29. The van der Waals surface area contributed by atoms with E-state index in [0.29, 0.717) is 25.8 Å². The number of hydrogen-bond acceptors (Lipinski definition) is 6. The van der Waals surface area contributed by atoms with Crippen molar-refractivity contribution < 1.29 is 4.79 Å². The lowest BCUT2D eigenvalue weighted by atomic mass is 10.1. The van der Waals surface area contributed by atoms with E-state index in [1.165, 1.54) is 17.4 Å². The SMILES string of the molecule is CN1CCN(c2ccnc3ccc(/C=C4/SC(=Nc5c(Cl)cccc5Cl)NC4=O)cc23)CC1. The van der Waals surface area contributed by atoms with Crippen LogP contribution < -0.4 is 10.2 Å². The summed E-state index contributed by atoms with van der Waals surface area (Å²) in [5, 5.41) is 5.18. The van der Waals surface area contributed by atoms with Crippen LogP contribution in [0.25, 0.3) is 17.0 Å². The van der Waals surface area contributed by atoms with Gasteiger partial charge in [-0.05, 0) is 60.8 Å². The van der Waals surface area contributed by atoms with E-state index in [-0.39, 0.29) is 5.91 Å². The second-order valence-corrected chi connectivity index (χ2v) is 9.79. The monoisotopic (exact) mass is 497 g/mol. The minimum atomic E-state index is -0.201. The molecule has 6 nitrogen and oxygen atoms in total. The summed E-state index contributed by atoms with van der Waals surface area (Å²) in [4.78, 5) is 26.9. The number of pyridine rings is 1. The molecule has 0 radical (unpaired) electrons. The third kappa shape index (κ3) is 4.73. The number of anilines is 1. The lowest BCUT2D eigenvalue weighted by Crippen LogP contribution is -2.44. The predicted octanol–water partition coefficient (Wildman–Crippen LogP) is 5.19. The van der Waals surface area contributed by atoms with Crippen LogP contribution in [-0.2, 0) is 4.79 Å². The Morgan fingerprint density at radius 3 is 2.61 bits per heavy atom. The Morgan fingerprint density at radius 1 is 1.09 bits per heavy atom. The van der Waals surface area contributed by atoms with Gasteiger partial charge in [0.05, 0.1) is 20.5 Å². The molecule has 9 heteroatoms. The van der Waals surface area contributed by atoms with Crippen molar-refractivity contribution in [3.8, 4) is 0 Å². The van der Waals surface area contributed by atoms with Crippen LogP contribution >= 0.6 is 35.0 Å². The summed E-state index contributed by atoms with van der Waals surface area (Å²) >= 11 is 13.7. The molecule has 33 heavy (non-hydrogen) atoms. The summed E-state index contributed by atoms with van der Waals surface area (Å²) in [7, 11) is 2.15. The number of fused-ring (bicyclic) bond motifs is 1. The van der Waals surface area contributed by atoms with Gasteiger partial charge < -0.3 is 15.1 Å². The molecule has 2 aliphatic heterocycles. The fourth-order valence-electron chi connectivity index (χ4n) is 3.89. The molecule has 1 aromatic heterocycles. The van der Waals surface area contributed by atoms with Gasteiger partial charge in [0.15, 0.2) is 5.17 Å². The van der Waals surface area contributed by atoms with Crippen molar-refractivity contribution >= 4 is 74.4 Å². The average Bonchev–Trinajstić information content (AvgIpc) is 3.15. The number of halogens is 2. The molecule has 0 aliphatic carbocycles. The molecule has 0 bridgehead atoms. The number of thioether (sulfide) groups is 1. The van der Waals surface area contributed by atoms with Crippen molar-refractivity contribution in [3.05, 3.63) is 69.2 Å². The summed E-state index contributed by atoms with van der Waals surface area (Å²) < 4.78 is 0. The normalized spacial score (nSPS) is 19.6. The van der Waals surface area contributed by atoms with Crippen molar-refractivity contribution in [2.24, 2.45) is 4.99 Å². The van der Waals surface area contributed by atoms with Crippen LogP contribution in [0.4, 0.5) is 11.4 Å². The zero-order chi connectivity index (χ0) is 22.9. The van der Waals surface area contributed by atoms with Gasteiger partial charge in [-0.2, -0.15) is 0 Å². The quantitative estimate of drug-likeness (QED) is 0.504. The number of likely N-dealkylation sites (N-methyl/N-ethyl adjacent to an activating group) is 1. The van der Waals surface area contributed by atoms with Crippen LogP contribution in [0, 0.1) is 0 Å². The fraction of sp³-hybridized carbons (Fsp3) is 0.208. The average molecular weight is 498 g/mol. The van der Waals surface area contributed by atoms with Crippen molar-refractivity contribution in [1.29, 1.82) is 0 Å². The molecule has 0 saturated carbocycles. The van der Waals surface area contributed by atoms with Gasteiger partial charge in [-0.3, -0.25) is 9.78 Å². The minimum absolute atomic E-state index is 0.201. The Bertz CT molecular complexity index is 1280. The standard InChI is InChI=1S/C24H21Cl2N5OS/c1-30-9-11-31(12-10-30)20-7-8-27-19-6-5-15(13-16(19)20)14-21-23(32)29-24(33-21)28-22-17(25)3-2-4-18(22)26/h2-8,13-14H,9-12H2,1H3,(H,28,29,32)/b21-14+. The molecule has 2 aliphatic rings. The Labute approximate surface area is 206 Å². The van der Waals surface area contributed by atoms with E-state index in [4.69, 9.17) is 23.2 Å². The van der Waals surface area contributed by atoms with Gasteiger partial charge in [-0.25, -0.2) is 4.99 Å². The van der Waals surface area contributed by atoms with Gasteiger partial charge in [0, 0.05) is 43.4 Å². The number of amidine groups is 1. The highest BCUT2D eigenvalue weighted by Gasteiger charge is 2.25. The van der Waals surface area contributed by atoms with Crippen LogP contribution in [-0.4, -0.2) is 54.2 Å². The molecule has 2 saturated heterocycles. The van der Waals surface area contributed by atoms with E-state index < -0.39 is 0 Å². The van der Waals surface area contributed by atoms with Gasteiger partial charge in [-0.15, -0.1) is 0 Å². The lowest BCUT2D eigenvalue weighted by Gasteiger charge is -2.34. The van der Waals surface area contributed by atoms with E-state index in [1.54, 1.807) is 18.2 Å². The number of carbonyl (C=O) groups excluding carboxylic acids is 1. The number of carbonyl (C=O) groups is 1. The Hall–Kier alpha value is -2.58. The number of nitrogens with zero attached hydrogens (tertiary/aromatic N) is 4. The van der Waals surface area contributed by atoms with E-state index >= 15 is 0 Å². The van der Waals surface area contributed by atoms with Crippen molar-refractivity contribution in [2.75, 3.05) is 38.1 Å². The summed E-state index contributed by atoms with van der Waals surface area (Å²) in [6.45, 7) is 4.01. The molecule has 1 N–H and O–H groups in total. The maximum Gasteiger partial charge on any atom is 0.264 e. The molecule has 2 aromatic carbocycles. The largest absolute Gasteiger partial charge is 0.368 e. The third-order valence-electron chi connectivity index (χ3n) is 5.69. The third-order valence-corrected chi connectivity index (χ3v) is 7.21. The molecule has 3 heterocycles. The van der Waals surface area contributed by atoms with Crippen LogP contribution in [0.2, 0.25) is 10.0 Å². The van der Waals surface area contributed by atoms with Crippen molar-refractivity contribution in [2.45, 2.75) is 0 Å². The first-order valence-electron chi connectivity index (χ1n) is 10.5. The topological polar surface area (TPSA) is 60.8 Å². The van der Waals surface area contributed by atoms with Gasteiger partial charge in [-0.1, -0.05) is 35.3 Å². The summed E-state index contributed by atoms with van der Waals surface area (Å²) in [6.07, 6.45) is 3.73. The van der Waals surface area contributed by atoms with Crippen molar-refractivity contribution in [3.63, 3.8) is 0 Å². The highest BCUT2D eigenvalue weighted by Crippen LogP contribution is 2.36. The highest BCUT2D eigenvalue weighted by atomic mass is 35.5. The number of rotatable bonds is 3. The minimum Gasteiger partial charge on any atom is -0.368 e. The number of aromatic nitrogens is 1. The molecule has 0 unspecified atom stereocenters. The number of amides is 1. The van der Waals surface area contributed by atoms with Gasteiger partial charge in [0.2, 0.25) is 0 Å². The first-order valence-corrected chi connectivity index (χ1v) is 12.1. The van der Waals surface area contributed by atoms with Crippen LogP contribution in [0.3, 0.4) is 0 Å². The van der Waals surface area contributed by atoms with E-state index in [0.717, 1.165) is 42.6 Å². The maximum absolute atomic E-state index is 12.6. The lowest BCUT2D eigenvalue weighted by molar-refractivity contribution is -0.115. The van der Waals surface area contributed by atoms with Crippen LogP contribution in [0.5, 0.6) is 0 Å². The zero-order valence-electron chi connectivity index (χ0n) is 17.9. The molecule has 168 valence electrons. The van der Waals surface area contributed by atoms with E-state index in [9.17, 15) is 4.79 Å². The summed E-state index contributed by atoms with van der Waals surface area (Å²) in [6, 6.07) is 13.3. The molecular weight excluding hydrogens is 477 g/mol. The number of benzene rings is 2. The summed E-state index contributed by atoms with van der Waals surface area (Å²) in [5.74, 6) is -0.201. The van der Waals surface area contributed by atoms with Crippen LogP contribution in [0.1, 0.15) is 5.56 Å². The first-order chi connectivity index (χ1) is 16.0. The number of hydrogen-bond donors (Lipinski definition) is 1. The molecular formula is C24H21Cl2N5OS. The molecule has 2 fully saturated rings. The number of piperazine rings is 1. The van der Waals surface area contributed by atoms with Gasteiger partial charge in [0.1, 0.15) is 5.69 Å².